The second-order valence-electron chi connectivity index (χ2n) is 6.41. The molecule has 2 rings (SSSR count). The number of hydrogen-bond acceptors (Lipinski definition) is 7. The molecule has 0 fully saturated rings. The molecular weight excluding hydrogens is 377 g/mol. The third-order valence-corrected chi connectivity index (χ3v) is 5.43. The van der Waals surface area contributed by atoms with Crippen LogP contribution in [-0.2, 0) is 10.0 Å². The Morgan fingerprint density at radius 1 is 1.15 bits per heavy atom. The lowest BCUT2D eigenvalue weighted by atomic mass is 10.1. The Kier molecular flexibility index (Phi) is 6.55. The number of rotatable bonds is 8. The fourth-order valence-corrected chi connectivity index (χ4v) is 4.20. The molecule has 1 aromatic heterocycles. The van der Waals surface area contributed by atoms with Crippen LogP contribution in [0.25, 0.3) is 0 Å². The van der Waals surface area contributed by atoms with Crippen molar-refractivity contribution in [2.75, 3.05) is 24.4 Å². The monoisotopic (exact) mass is 399 g/mol. The summed E-state index contributed by atoms with van der Waals surface area (Å²) in [6.45, 7) is 3.34. The van der Waals surface area contributed by atoms with Gasteiger partial charge in [-0.1, -0.05) is 18.2 Å². The number of anilines is 1. The van der Waals surface area contributed by atoms with Crippen LogP contribution < -0.4 is 13.8 Å². The van der Waals surface area contributed by atoms with Crippen molar-refractivity contribution in [2.24, 2.45) is 0 Å². The highest BCUT2D eigenvalue weighted by Crippen LogP contribution is 2.40. The lowest BCUT2D eigenvalue weighted by Crippen LogP contribution is -2.46. The van der Waals surface area contributed by atoms with E-state index in [1.165, 1.54) is 12.1 Å². The first-order valence-electron chi connectivity index (χ1n) is 8.11. The molecule has 0 radical (unpaired) electrons. The van der Waals surface area contributed by atoms with Gasteiger partial charge in [0.2, 0.25) is 12.6 Å². The fraction of sp³-hybridized carbons (Fsp3) is 0.412. The Morgan fingerprint density at radius 2 is 1.81 bits per heavy atom. The highest BCUT2D eigenvalue weighted by Gasteiger charge is 2.38. The third-order valence-electron chi connectivity index (χ3n) is 3.36. The molecule has 8 nitrogen and oxygen atoms in total. The fourth-order valence-electron chi connectivity index (χ4n) is 2.41. The summed E-state index contributed by atoms with van der Waals surface area (Å²) in [5, 5.41) is 8.94. The van der Waals surface area contributed by atoms with E-state index in [0.717, 1.165) is 10.6 Å². The van der Waals surface area contributed by atoms with E-state index >= 15 is 0 Å². The average Bonchev–Trinajstić information content (AvgIpc) is 2.61. The van der Waals surface area contributed by atoms with Gasteiger partial charge in [0.15, 0.2) is 5.82 Å². The minimum Gasteiger partial charge on any atom is -0.472 e. The first-order valence-corrected chi connectivity index (χ1v) is 9.55. The minimum atomic E-state index is -4.05. The molecule has 1 aromatic carbocycles. The molecule has 0 saturated heterocycles. The Bertz CT molecular complexity index is 857. The molecule has 27 heavy (non-hydrogen) atoms. The highest BCUT2D eigenvalue weighted by atomic mass is 32.2. The van der Waals surface area contributed by atoms with Gasteiger partial charge in [-0.15, -0.1) is 0 Å². The van der Waals surface area contributed by atoms with E-state index in [4.69, 9.17) is 14.6 Å². The molecule has 0 amide bonds. The Balaban J connectivity index is 2.68. The van der Waals surface area contributed by atoms with Gasteiger partial charge in [-0.05, 0) is 32.9 Å². The van der Waals surface area contributed by atoms with Crippen LogP contribution in [0, 0.1) is 0 Å². The summed E-state index contributed by atoms with van der Waals surface area (Å²) in [6.07, 6.45) is 1.09. The molecule has 0 spiro atoms. The maximum absolute atomic E-state index is 13.3. The van der Waals surface area contributed by atoms with Gasteiger partial charge in [0, 0.05) is 5.54 Å². The van der Waals surface area contributed by atoms with Crippen molar-refractivity contribution in [3.63, 3.8) is 0 Å². The normalized spacial score (nSPS) is 11.9. The van der Waals surface area contributed by atoms with E-state index in [1.807, 2.05) is 0 Å². The minimum absolute atomic E-state index is 0.0440. The number of hydrogen-bond donors (Lipinski definition) is 1. The molecule has 1 heterocycles. The van der Waals surface area contributed by atoms with Crippen LogP contribution in [0.15, 0.2) is 41.6 Å². The lowest BCUT2D eigenvalue weighted by Gasteiger charge is -2.36. The van der Waals surface area contributed by atoms with E-state index in [-0.39, 0.29) is 35.6 Å². The van der Waals surface area contributed by atoms with Crippen molar-refractivity contribution in [3.8, 4) is 11.6 Å². The molecule has 10 heteroatoms. The predicted octanol–water partition coefficient (Wildman–Crippen LogP) is 2.15. The molecule has 0 unspecified atom stereocenters. The number of halogens is 1. The molecular formula is C17H22FN3O5S. The number of aliphatic hydroxyl groups excluding tert-OH is 1. The standard InChI is InChI=1S/C17H22FN3O5S/c1-17(2,3)21(27(23,24)13-7-5-4-6-8-13)15-14(26-11-18)16(20-12-19-15)25-10-9-22/h4-8,12,22H,9-11H2,1-3H3. The van der Waals surface area contributed by atoms with E-state index < -0.39 is 22.4 Å². The number of aromatic nitrogens is 2. The van der Waals surface area contributed by atoms with Gasteiger partial charge >= 0.3 is 0 Å². The van der Waals surface area contributed by atoms with E-state index in [1.54, 1.807) is 39.0 Å². The van der Waals surface area contributed by atoms with Gasteiger partial charge in [-0.25, -0.2) is 22.1 Å². The topological polar surface area (TPSA) is 102 Å². The van der Waals surface area contributed by atoms with Crippen LogP contribution in [0.2, 0.25) is 0 Å². The van der Waals surface area contributed by atoms with Crippen molar-refractivity contribution in [2.45, 2.75) is 31.2 Å². The molecule has 0 atom stereocenters. The summed E-state index contributed by atoms with van der Waals surface area (Å²) < 4.78 is 50.8. The predicted molar refractivity (Wildman–Crippen MR) is 97.1 cm³/mol. The number of ether oxygens (including phenoxy) is 2. The van der Waals surface area contributed by atoms with Crippen LogP contribution in [0.3, 0.4) is 0 Å². The Labute approximate surface area is 157 Å². The van der Waals surface area contributed by atoms with Crippen molar-refractivity contribution < 1.29 is 27.4 Å². The van der Waals surface area contributed by atoms with Gasteiger partial charge in [0.05, 0.1) is 11.5 Å². The van der Waals surface area contributed by atoms with Crippen LogP contribution in [0.1, 0.15) is 20.8 Å². The molecule has 0 saturated carbocycles. The van der Waals surface area contributed by atoms with Crippen molar-refractivity contribution >= 4 is 15.8 Å². The summed E-state index contributed by atoms with van der Waals surface area (Å²) >= 11 is 0. The second kappa shape index (κ2) is 8.49. The number of aliphatic hydroxyl groups is 1. The Hall–Kier alpha value is -2.46. The molecule has 1 N–H and O–H groups in total. The van der Waals surface area contributed by atoms with Crippen LogP contribution in [0.4, 0.5) is 10.2 Å². The molecule has 2 aromatic rings. The SMILES string of the molecule is CC(C)(C)N(c1ncnc(OCCO)c1OCF)S(=O)(=O)c1ccccc1. The molecule has 0 bridgehead atoms. The lowest BCUT2D eigenvalue weighted by molar-refractivity contribution is 0.163. The number of alkyl halides is 1. The van der Waals surface area contributed by atoms with Crippen LogP contribution in [0.5, 0.6) is 11.6 Å². The summed E-state index contributed by atoms with van der Waals surface area (Å²) in [5.41, 5.74) is -0.967. The summed E-state index contributed by atoms with van der Waals surface area (Å²) in [7, 11) is -4.05. The van der Waals surface area contributed by atoms with E-state index in [2.05, 4.69) is 9.97 Å². The van der Waals surface area contributed by atoms with Crippen LogP contribution in [-0.4, -0.2) is 49.1 Å². The quantitative estimate of drug-likeness (QED) is 0.726. The first-order chi connectivity index (χ1) is 12.7. The van der Waals surface area contributed by atoms with Crippen LogP contribution >= 0.6 is 0 Å². The molecule has 148 valence electrons. The number of benzene rings is 1. The maximum atomic E-state index is 13.3. The van der Waals surface area contributed by atoms with Gasteiger partial charge in [-0.3, -0.25) is 0 Å². The largest absolute Gasteiger partial charge is 0.472 e. The van der Waals surface area contributed by atoms with Gasteiger partial charge in [0.25, 0.3) is 15.9 Å². The maximum Gasteiger partial charge on any atom is 0.266 e. The van der Waals surface area contributed by atoms with Gasteiger partial charge in [-0.2, -0.15) is 4.98 Å². The van der Waals surface area contributed by atoms with Crippen molar-refractivity contribution in [1.29, 1.82) is 0 Å². The highest BCUT2D eigenvalue weighted by molar-refractivity contribution is 7.92. The van der Waals surface area contributed by atoms with Crippen molar-refractivity contribution in [1.82, 2.24) is 9.97 Å². The number of nitrogens with zero attached hydrogens (tertiary/aromatic N) is 3. The van der Waals surface area contributed by atoms with Gasteiger partial charge < -0.3 is 14.6 Å². The number of sulfonamides is 1. The second-order valence-corrected chi connectivity index (χ2v) is 8.20. The summed E-state index contributed by atoms with van der Waals surface area (Å²) in [6, 6.07) is 7.80. The molecule has 0 aliphatic heterocycles. The Morgan fingerprint density at radius 3 is 2.37 bits per heavy atom. The zero-order valence-electron chi connectivity index (χ0n) is 15.3. The molecule has 0 aliphatic carbocycles. The smallest absolute Gasteiger partial charge is 0.266 e. The average molecular weight is 399 g/mol. The zero-order chi connectivity index (χ0) is 20.1. The van der Waals surface area contributed by atoms with E-state index in [0.29, 0.717) is 0 Å². The van der Waals surface area contributed by atoms with Gasteiger partial charge in [0.1, 0.15) is 12.9 Å². The van der Waals surface area contributed by atoms with E-state index in [9.17, 15) is 12.8 Å². The molecule has 0 aliphatic rings. The first kappa shape index (κ1) is 20.8. The zero-order valence-corrected chi connectivity index (χ0v) is 16.1. The summed E-state index contributed by atoms with van der Waals surface area (Å²) in [5.74, 6) is -0.584. The summed E-state index contributed by atoms with van der Waals surface area (Å²) in [4.78, 5) is 7.93. The third kappa shape index (κ3) is 4.64. The van der Waals surface area contributed by atoms with Crippen molar-refractivity contribution in [3.05, 3.63) is 36.7 Å².